The molecule has 1 N–H and O–H groups in total. The van der Waals surface area contributed by atoms with Crippen LogP contribution in [0.15, 0.2) is 24.3 Å². The molecule has 0 aliphatic carbocycles. The molecule has 5 heteroatoms. The van der Waals surface area contributed by atoms with Gasteiger partial charge in [-0.15, -0.1) is 0 Å². The molecule has 2 atom stereocenters. The van der Waals surface area contributed by atoms with Gasteiger partial charge in [0.25, 0.3) is 0 Å². The fourth-order valence-corrected chi connectivity index (χ4v) is 3.97. The molecule has 0 bridgehead atoms. The van der Waals surface area contributed by atoms with Crippen molar-refractivity contribution in [3.63, 3.8) is 0 Å². The first kappa shape index (κ1) is 12.4. The number of carboxylic acid groups (broad SMARTS) is 1. The molecule has 1 fully saturated rings. The van der Waals surface area contributed by atoms with Crippen molar-refractivity contribution in [2.75, 3.05) is 0 Å². The van der Waals surface area contributed by atoms with E-state index in [4.69, 9.17) is 0 Å². The van der Waals surface area contributed by atoms with Gasteiger partial charge in [0.15, 0.2) is 0 Å². The zero-order valence-electron chi connectivity index (χ0n) is 11.7. The quantitative estimate of drug-likeness (QED) is 0.836. The van der Waals surface area contributed by atoms with Crippen molar-refractivity contribution in [3.8, 4) is 0 Å². The number of H-pyrrole nitrogens is 1. The van der Waals surface area contributed by atoms with Gasteiger partial charge in [-0.1, -0.05) is 18.2 Å². The van der Waals surface area contributed by atoms with E-state index in [2.05, 4.69) is 4.98 Å². The van der Waals surface area contributed by atoms with E-state index in [0.29, 0.717) is 19.3 Å². The van der Waals surface area contributed by atoms with Crippen LogP contribution in [0.3, 0.4) is 0 Å². The third kappa shape index (κ3) is 1.46. The van der Waals surface area contributed by atoms with Crippen molar-refractivity contribution in [3.05, 3.63) is 35.5 Å². The van der Waals surface area contributed by atoms with E-state index in [1.807, 2.05) is 31.2 Å². The first-order chi connectivity index (χ1) is 10.0. The molecule has 108 valence electrons. The Balaban J connectivity index is 2.01. The molecule has 5 nitrogen and oxygen atoms in total. The number of fused-ring (bicyclic) bond motifs is 5. The van der Waals surface area contributed by atoms with Crippen molar-refractivity contribution in [1.82, 2.24) is 9.88 Å². The van der Waals surface area contributed by atoms with Crippen LogP contribution >= 0.6 is 0 Å². The molecule has 2 aromatic rings. The number of aromatic amines is 1. The Morgan fingerprint density at radius 2 is 2.19 bits per heavy atom. The lowest BCUT2D eigenvalue weighted by Gasteiger charge is -2.45. The lowest BCUT2D eigenvalue weighted by molar-refractivity contribution is -0.312. The van der Waals surface area contributed by atoms with Gasteiger partial charge in [-0.2, -0.15) is 0 Å². The molecule has 2 aliphatic heterocycles. The average Bonchev–Trinajstić information content (AvgIpc) is 2.98. The number of nitrogens with zero attached hydrogens (tertiary/aromatic N) is 1. The highest BCUT2D eigenvalue weighted by atomic mass is 16.4. The summed E-state index contributed by atoms with van der Waals surface area (Å²) in [5.41, 5.74) is 2.40. The maximum atomic E-state index is 12.2. The summed E-state index contributed by atoms with van der Waals surface area (Å²) >= 11 is 0. The Labute approximate surface area is 121 Å². The molecule has 1 aromatic heterocycles. The van der Waals surface area contributed by atoms with Gasteiger partial charge in [0.2, 0.25) is 5.91 Å². The van der Waals surface area contributed by atoms with E-state index >= 15 is 0 Å². The number of carbonyl (C=O) groups excluding carboxylic acids is 2. The molecule has 21 heavy (non-hydrogen) atoms. The van der Waals surface area contributed by atoms with Crippen molar-refractivity contribution >= 4 is 22.8 Å². The van der Waals surface area contributed by atoms with Gasteiger partial charge in [0.1, 0.15) is 0 Å². The van der Waals surface area contributed by atoms with E-state index in [1.54, 1.807) is 0 Å². The predicted octanol–water partition coefficient (Wildman–Crippen LogP) is 0.680. The van der Waals surface area contributed by atoms with Crippen molar-refractivity contribution < 1.29 is 14.7 Å². The summed E-state index contributed by atoms with van der Waals surface area (Å²) in [7, 11) is 0. The monoisotopic (exact) mass is 283 g/mol. The van der Waals surface area contributed by atoms with E-state index in [9.17, 15) is 14.7 Å². The van der Waals surface area contributed by atoms with E-state index < -0.39 is 17.6 Å². The van der Waals surface area contributed by atoms with Gasteiger partial charge in [0.05, 0.1) is 17.6 Å². The van der Waals surface area contributed by atoms with Crippen LogP contribution in [-0.2, 0) is 21.5 Å². The number of carboxylic acids is 1. The minimum absolute atomic E-state index is 0.101. The van der Waals surface area contributed by atoms with Crippen molar-refractivity contribution in [2.45, 2.75) is 37.8 Å². The summed E-state index contributed by atoms with van der Waals surface area (Å²) in [4.78, 5) is 28.6. The molecule has 4 rings (SSSR count). The molecule has 1 aromatic carbocycles. The van der Waals surface area contributed by atoms with Gasteiger partial charge in [-0.25, -0.2) is 0 Å². The number of aromatic nitrogens is 1. The lowest BCUT2D eigenvalue weighted by atomic mass is 9.83. The third-order valence-electron chi connectivity index (χ3n) is 4.96. The van der Waals surface area contributed by atoms with Gasteiger partial charge in [-0.05, 0) is 25.0 Å². The fourth-order valence-electron chi connectivity index (χ4n) is 3.97. The van der Waals surface area contributed by atoms with Crippen LogP contribution in [0.4, 0.5) is 0 Å². The number of rotatable bonds is 1. The van der Waals surface area contributed by atoms with Crippen LogP contribution in [-0.4, -0.2) is 27.8 Å². The molecule has 1 amide bonds. The fraction of sp³-hybridized carbons (Fsp3) is 0.375. The third-order valence-corrected chi connectivity index (χ3v) is 4.96. The Kier molecular flexibility index (Phi) is 2.29. The van der Waals surface area contributed by atoms with Crippen molar-refractivity contribution in [2.24, 2.45) is 0 Å². The van der Waals surface area contributed by atoms with Gasteiger partial charge >= 0.3 is 0 Å². The zero-order valence-corrected chi connectivity index (χ0v) is 11.7. The topological polar surface area (TPSA) is 76.2 Å². The Hall–Kier alpha value is -2.30. The molecule has 0 saturated carbocycles. The number of hydrogen-bond donors (Lipinski definition) is 1. The van der Waals surface area contributed by atoms with E-state index in [-0.39, 0.29) is 5.91 Å². The Morgan fingerprint density at radius 1 is 1.43 bits per heavy atom. The summed E-state index contributed by atoms with van der Waals surface area (Å²) in [6.45, 7) is 1.95. The number of carbonyl (C=O) groups is 2. The molecular formula is C16H15N2O3-. The maximum absolute atomic E-state index is 12.2. The number of amides is 1. The van der Waals surface area contributed by atoms with Gasteiger partial charge < -0.3 is 19.8 Å². The largest absolute Gasteiger partial charge is 0.548 e. The smallest absolute Gasteiger partial charge is 0.224 e. The van der Waals surface area contributed by atoms with Gasteiger partial charge in [-0.3, -0.25) is 4.79 Å². The maximum Gasteiger partial charge on any atom is 0.224 e. The first-order valence-corrected chi connectivity index (χ1v) is 7.15. The Morgan fingerprint density at radius 3 is 2.95 bits per heavy atom. The summed E-state index contributed by atoms with van der Waals surface area (Å²) in [6, 6.07) is 6.98. The van der Waals surface area contributed by atoms with Crippen LogP contribution in [0.5, 0.6) is 0 Å². The minimum atomic E-state index is -1.17. The van der Waals surface area contributed by atoms with E-state index in [0.717, 1.165) is 22.2 Å². The second-order valence-corrected chi connectivity index (χ2v) is 6.10. The highest BCUT2D eigenvalue weighted by Gasteiger charge is 2.51. The Bertz CT molecular complexity index is 779. The molecule has 3 heterocycles. The number of benzene rings is 1. The zero-order chi connectivity index (χ0) is 14.8. The number of para-hydroxylation sites is 1. The standard InChI is InChI=1S/C16H16N2O3/c1-16-7-6-13(19)18(16)12(15(20)21)8-10-9-4-2-3-5-11(9)17-14(10)16/h2-5,12,17H,6-8H2,1H3,(H,20,21)/p-1/t12-,16+/m1/s1. The first-order valence-electron chi connectivity index (χ1n) is 7.15. The molecule has 2 aliphatic rings. The summed E-state index contributed by atoms with van der Waals surface area (Å²) in [6.07, 6.45) is 1.33. The molecule has 0 unspecified atom stereocenters. The molecule has 1 saturated heterocycles. The van der Waals surface area contributed by atoms with Gasteiger partial charge in [0, 0.05) is 29.4 Å². The van der Waals surface area contributed by atoms with Crippen LogP contribution in [0.1, 0.15) is 31.0 Å². The van der Waals surface area contributed by atoms with Crippen LogP contribution in [0, 0.1) is 0 Å². The number of hydrogen-bond acceptors (Lipinski definition) is 3. The SMILES string of the molecule is C[C@@]12CCC(=O)N1[C@@H](C(=O)[O-])Cc1c2[nH]c2ccccc12. The normalized spacial score (nSPS) is 27.8. The molecule has 0 spiro atoms. The minimum Gasteiger partial charge on any atom is -0.548 e. The second kappa shape index (κ2) is 3.87. The summed E-state index contributed by atoms with van der Waals surface area (Å²) in [5.74, 6) is -1.27. The lowest BCUT2D eigenvalue weighted by Crippen LogP contribution is -2.58. The summed E-state index contributed by atoms with van der Waals surface area (Å²) < 4.78 is 0. The average molecular weight is 283 g/mol. The van der Waals surface area contributed by atoms with Crippen LogP contribution < -0.4 is 5.11 Å². The van der Waals surface area contributed by atoms with Crippen LogP contribution in [0.2, 0.25) is 0 Å². The predicted molar refractivity (Wildman–Crippen MR) is 74.2 cm³/mol. The van der Waals surface area contributed by atoms with Crippen LogP contribution in [0.25, 0.3) is 10.9 Å². The second-order valence-electron chi connectivity index (χ2n) is 6.10. The highest BCUT2D eigenvalue weighted by molar-refractivity contribution is 5.91. The molecular weight excluding hydrogens is 268 g/mol. The number of nitrogens with one attached hydrogen (secondary N) is 1. The van der Waals surface area contributed by atoms with E-state index in [1.165, 1.54) is 4.90 Å². The highest BCUT2D eigenvalue weighted by Crippen LogP contribution is 2.47. The summed E-state index contributed by atoms with van der Waals surface area (Å²) in [5, 5.41) is 12.6. The number of aliphatic carboxylic acids is 1. The molecule has 0 radical (unpaired) electrons. The van der Waals surface area contributed by atoms with Crippen molar-refractivity contribution in [1.29, 1.82) is 0 Å².